The van der Waals surface area contributed by atoms with Crippen molar-refractivity contribution in [2.75, 3.05) is 26.4 Å². The van der Waals surface area contributed by atoms with E-state index in [9.17, 15) is 0 Å². The van der Waals surface area contributed by atoms with E-state index in [2.05, 4.69) is 6.92 Å². The SMILES string of the molecule is CCCCO[Si](OCC)(OCC)OCC. The highest BCUT2D eigenvalue weighted by Gasteiger charge is 2.44. The molecule has 0 atom stereocenters. The minimum atomic E-state index is -2.83. The van der Waals surface area contributed by atoms with Gasteiger partial charge in [0, 0.05) is 26.4 Å². The number of hydrogen-bond donors (Lipinski definition) is 0. The van der Waals surface area contributed by atoms with Gasteiger partial charge in [-0.25, -0.2) is 0 Å². The zero-order valence-corrected chi connectivity index (χ0v) is 11.4. The van der Waals surface area contributed by atoms with Crippen LogP contribution in [-0.4, -0.2) is 35.5 Å². The van der Waals surface area contributed by atoms with E-state index in [0.717, 1.165) is 12.8 Å². The van der Waals surface area contributed by atoms with E-state index in [0.29, 0.717) is 26.4 Å². The lowest BCUT2D eigenvalue weighted by molar-refractivity contribution is -0.0278. The molecule has 0 aliphatic heterocycles. The lowest BCUT2D eigenvalue weighted by atomic mass is 10.4. The zero-order valence-electron chi connectivity index (χ0n) is 10.4. The van der Waals surface area contributed by atoms with E-state index in [1.54, 1.807) is 0 Å². The molecule has 0 amide bonds. The van der Waals surface area contributed by atoms with E-state index in [1.165, 1.54) is 0 Å². The summed E-state index contributed by atoms with van der Waals surface area (Å²) >= 11 is 0. The van der Waals surface area contributed by atoms with Gasteiger partial charge in [0.05, 0.1) is 0 Å². The van der Waals surface area contributed by atoms with Gasteiger partial charge < -0.3 is 17.7 Å². The molecule has 0 unspecified atom stereocenters. The lowest BCUT2D eigenvalue weighted by Crippen LogP contribution is -2.49. The summed E-state index contributed by atoms with van der Waals surface area (Å²) in [5.41, 5.74) is 0. The average Bonchev–Trinajstić information content (AvgIpc) is 2.19. The summed E-state index contributed by atoms with van der Waals surface area (Å²) in [7, 11) is -2.83. The minimum absolute atomic E-state index is 0.554. The van der Waals surface area contributed by atoms with E-state index >= 15 is 0 Å². The Hall–Kier alpha value is 0.0569. The normalized spacial score (nSPS) is 12.0. The molecule has 15 heavy (non-hydrogen) atoms. The monoisotopic (exact) mass is 236 g/mol. The van der Waals surface area contributed by atoms with Crippen molar-refractivity contribution in [1.82, 2.24) is 0 Å². The van der Waals surface area contributed by atoms with Crippen molar-refractivity contribution >= 4 is 9.05 Å². The second-order valence-electron chi connectivity index (χ2n) is 3.00. The van der Waals surface area contributed by atoms with Crippen LogP contribution in [-0.2, 0) is 17.7 Å². The minimum Gasteiger partial charge on any atom is -0.351 e. The molecular formula is C10H24O4Si. The molecule has 0 radical (unpaired) electrons. The molecule has 0 spiro atoms. The van der Waals surface area contributed by atoms with Gasteiger partial charge in [0.2, 0.25) is 0 Å². The Morgan fingerprint density at radius 1 is 0.733 bits per heavy atom. The third-order valence-electron chi connectivity index (χ3n) is 1.74. The van der Waals surface area contributed by atoms with Crippen molar-refractivity contribution in [3.8, 4) is 0 Å². The molecule has 0 rings (SSSR count). The first-order chi connectivity index (χ1) is 7.24. The summed E-state index contributed by atoms with van der Waals surface area (Å²) in [6.45, 7) is 10.2. The molecule has 0 bridgehead atoms. The Balaban J connectivity index is 4.18. The van der Waals surface area contributed by atoms with Crippen LogP contribution < -0.4 is 0 Å². The fraction of sp³-hybridized carbons (Fsp3) is 1.00. The maximum absolute atomic E-state index is 5.66. The zero-order chi connectivity index (χ0) is 11.6. The Labute approximate surface area is 94.4 Å². The Morgan fingerprint density at radius 2 is 1.20 bits per heavy atom. The van der Waals surface area contributed by atoms with Crippen LogP contribution >= 0.6 is 0 Å². The van der Waals surface area contributed by atoms with Gasteiger partial charge in [-0.15, -0.1) is 0 Å². The van der Waals surface area contributed by atoms with E-state index < -0.39 is 9.05 Å². The number of hydrogen-bond acceptors (Lipinski definition) is 4. The summed E-state index contributed by atoms with van der Waals surface area (Å²) in [5.74, 6) is 0. The van der Waals surface area contributed by atoms with Crippen molar-refractivity contribution in [3.63, 3.8) is 0 Å². The standard InChI is InChI=1S/C10H24O4Si/c1-5-9-10-14-15(11-6-2,12-7-3)13-8-4/h5-10H2,1-4H3. The van der Waals surface area contributed by atoms with Crippen molar-refractivity contribution in [2.24, 2.45) is 0 Å². The molecular weight excluding hydrogens is 212 g/mol. The largest absolute Gasteiger partial charge is 0.679 e. The van der Waals surface area contributed by atoms with Crippen LogP contribution in [0.5, 0.6) is 0 Å². The van der Waals surface area contributed by atoms with E-state index in [1.807, 2.05) is 20.8 Å². The van der Waals surface area contributed by atoms with Crippen LogP contribution in [0.25, 0.3) is 0 Å². The van der Waals surface area contributed by atoms with Gasteiger partial charge in [-0.2, -0.15) is 0 Å². The summed E-state index contributed by atoms with van der Waals surface area (Å²) in [5, 5.41) is 0. The van der Waals surface area contributed by atoms with E-state index in [4.69, 9.17) is 17.7 Å². The molecule has 0 N–H and O–H groups in total. The fourth-order valence-corrected chi connectivity index (χ4v) is 3.08. The van der Waals surface area contributed by atoms with Crippen LogP contribution in [0.15, 0.2) is 0 Å². The first-order valence-electron chi connectivity index (χ1n) is 5.80. The van der Waals surface area contributed by atoms with Gasteiger partial charge >= 0.3 is 9.05 Å². The predicted octanol–water partition coefficient (Wildman–Crippen LogP) is 2.35. The van der Waals surface area contributed by atoms with Crippen molar-refractivity contribution in [2.45, 2.75) is 40.5 Å². The predicted molar refractivity (Wildman–Crippen MR) is 61.5 cm³/mol. The molecule has 0 fully saturated rings. The molecule has 0 saturated heterocycles. The average molecular weight is 236 g/mol. The fourth-order valence-electron chi connectivity index (χ4n) is 1.12. The van der Waals surface area contributed by atoms with Crippen LogP contribution in [0.1, 0.15) is 40.5 Å². The second kappa shape index (κ2) is 9.29. The number of unbranched alkanes of at least 4 members (excludes halogenated alkanes) is 1. The summed E-state index contributed by atoms with van der Waals surface area (Å²) in [6.07, 6.45) is 2.09. The topological polar surface area (TPSA) is 36.9 Å². The van der Waals surface area contributed by atoms with Gasteiger partial charge in [0.25, 0.3) is 0 Å². The highest BCUT2D eigenvalue weighted by molar-refractivity contribution is 6.53. The van der Waals surface area contributed by atoms with Crippen LogP contribution in [0.4, 0.5) is 0 Å². The maximum atomic E-state index is 5.66. The number of rotatable bonds is 10. The summed E-state index contributed by atoms with van der Waals surface area (Å²) in [4.78, 5) is 0. The Kier molecular flexibility index (Phi) is 9.33. The van der Waals surface area contributed by atoms with Crippen molar-refractivity contribution in [1.29, 1.82) is 0 Å². The third-order valence-corrected chi connectivity index (χ3v) is 4.22. The molecule has 0 aliphatic rings. The van der Waals surface area contributed by atoms with Gasteiger partial charge in [0.1, 0.15) is 0 Å². The van der Waals surface area contributed by atoms with E-state index in [-0.39, 0.29) is 0 Å². The molecule has 0 aromatic carbocycles. The molecule has 92 valence electrons. The lowest BCUT2D eigenvalue weighted by Gasteiger charge is -2.26. The van der Waals surface area contributed by atoms with Crippen LogP contribution in [0, 0.1) is 0 Å². The van der Waals surface area contributed by atoms with Gasteiger partial charge in [-0.05, 0) is 27.2 Å². The highest BCUT2D eigenvalue weighted by Crippen LogP contribution is 2.12. The Morgan fingerprint density at radius 3 is 1.53 bits per heavy atom. The first-order valence-corrected chi connectivity index (χ1v) is 7.43. The highest BCUT2D eigenvalue weighted by atomic mass is 28.4. The quantitative estimate of drug-likeness (QED) is 0.431. The Bertz CT molecular complexity index is 126. The molecule has 5 heteroatoms. The molecule has 0 heterocycles. The van der Waals surface area contributed by atoms with Gasteiger partial charge in [-0.1, -0.05) is 13.3 Å². The smallest absolute Gasteiger partial charge is 0.351 e. The van der Waals surface area contributed by atoms with Crippen molar-refractivity contribution in [3.05, 3.63) is 0 Å². The van der Waals surface area contributed by atoms with Gasteiger partial charge in [0.15, 0.2) is 0 Å². The second-order valence-corrected chi connectivity index (χ2v) is 5.16. The van der Waals surface area contributed by atoms with Gasteiger partial charge in [-0.3, -0.25) is 0 Å². The molecule has 0 aliphatic carbocycles. The molecule has 0 aromatic rings. The van der Waals surface area contributed by atoms with Crippen LogP contribution in [0.3, 0.4) is 0 Å². The summed E-state index contributed by atoms with van der Waals surface area (Å²) in [6, 6.07) is 0. The summed E-state index contributed by atoms with van der Waals surface area (Å²) < 4.78 is 22.3. The molecule has 0 saturated carbocycles. The first kappa shape index (κ1) is 15.1. The molecule has 4 nitrogen and oxygen atoms in total. The molecule has 0 aromatic heterocycles. The van der Waals surface area contributed by atoms with Crippen molar-refractivity contribution < 1.29 is 17.7 Å². The third kappa shape index (κ3) is 6.27. The van der Waals surface area contributed by atoms with Crippen LogP contribution in [0.2, 0.25) is 0 Å². The maximum Gasteiger partial charge on any atom is 0.679 e.